The molecule has 6 nitrogen and oxygen atoms in total. The number of carbonyl (C=O) groups excluding carboxylic acids is 1. The zero-order chi connectivity index (χ0) is 21.7. The largest absolute Gasteiger partial charge is 0.491 e. The molecule has 0 aliphatic carbocycles. The van der Waals surface area contributed by atoms with Crippen LogP contribution in [0.3, 0.4) is 0 Å². The fourth-order valence-corrected chi connectivity index (χ4v) is 5.10. The molecule has 30 heavy (non-hydrogen) atoms. The van der Waals surface area contributed by atoms with Crippen LogP contribution in [0.1, 0.15) is 29.5 Å². The zero-order valence-corrected chi connectivity index (χ0v) is 18.7. The van der Waals surface area contributed by atoms with Crippen molar-refractivity contribution in [1.82, 2.24) is 9.62 Å². The van der Waals surface area contributed by atoms with Gasteiger partial charge in [-0.1, -0.05) is 29.8 Å². The van der Waals surface area contributed by atoms with Crippen LogP contribution in [0.25, 0.3) is 0 Å². The van der Waals surface area contributed by atoms with E-state index in [4.69, 9.17) is 4.74 Å². The van der Waals surface area contributed by atoms with E-state index in [1.54, 1.807) is 24.3 Å². The Morgan fingerprint density at radius 3 is 2.53 bits per heavy atom. The maximum atomic E-state index is 12.9. The highest BCUT2D eigenvalue weighted by Crippen LogP contribution is 2.24. The number of rotatable bonds is 7. The van der Waals surface area contributed by atoms with Crippen LogP contribution < -0.4 is 10.1 Å². The molecule has 7 heteroatoms. The first-order chi connectivity index (χ1) is 14.3. The van der Waals surface area contributed by atoms with E-state index in [-0.39, 0.29) is 23.3 Å². The Morgan fingerprint density at radius 2 is 1.80 bits per heavy atom. The fourth-order valence-electron chi connectivity index (χ4n) is 3.58. The van der Waals surface area contributed by atoms with Crippen molar-refractivity contribution in [3.05, 3.63) is 59.2 Å². The van der Waals surface area contributed by atoms with Crippen molar-refractivity contribution in [1.29, 1.82) is 0 Å². The SMILES string of the molecule is Cc1ccc(S(=O)(=O)N2CCCC(C(=O)NCCOc3cc(C)ccc3C)C2)cc1. The lowest BCUT2D eigenvalue weighted by molar-refractivity contribution is -0.126. The fraction of sp³-hybridized carbons (Fsp3) is 0.435. The first-order valence-corrected chi connectivity index (χ1v) is 11.8. The summed E-state index contributed by atoms with van der Waals surface area (Å²) in [5.74, 6) is 0.348. The van der Waals surface area contributed by atoms with Gasteiger partial charge in [-0.25, -0.2) is 8.42 Å². The maximum absolute atomic E-state index is 12.9. The van der Waals surface area contributed by atoms with Crippen LogP contribution >= 0.6 is 0 Å². The number of benzene rings is 2. The molecule has 0 saturated carbocycles. The Kier molecular flexibility index (Phi) is 7.15. The summed E-state index contributed by atoms with van der Waals surface area (Å²) < 4.78 is 33.0. The molecule has 1 N–H and O–H groups in total. The zero-order valence-electron chi connectivity index (χ0n) is 17.8. The molecule has 1 heterocycles. The molecule has 1 aliphatic heterocycles. The number of nitrogens with one attached hydrogen (secondary N) is 1. The Hall–Kier alpha value is -2.38. The first-order valence-electron chi connectivity index (χ1n) is 10.3. The molecule has 162 valence electrons. The molecule has 1 atom stereocenters. The number of hydrogen-bond donors (Lipinski definition) is 1. The monoisotopic (exact) mass is 430 g/mol. The summed E-state index contributed by atoms with van der Waals surface area (Å²) in [5, 5.41) is 2.89. The lowest BCUT2D eigenvalue weighted by atomic mass is 9.99. The smallest absolute Gasteiger partial charge is 0.243 e. The lowest BCUT2D eigenvalue weighted by Crippen LogP contribution is -2.45. The van der Waals surface area contributed by atoms with Gasteiger partial charge in [0.05, 0.1) is 17.4 Å². The highest BCUT2D eigenvalue weighted by Gasteiger charge is 2.33. The Morgan fingerprint density at radius 1 is 1.10 bits per heavy atom. The van der Waals surface area contributed by atoms with Crippen LogP contribution in [-0.2, 0) is 14.8 Å². The molecule has 1 aliphatic rings. The van der Waals surface area contributed by atoms with Crippen molar-refractivity contribution in [2.75, 3.05) is 26.2 Å². The quantitative estimate of drug-likeness (QED) is 0.685. The van der Waals surface area contributed by atoms with Gasteiger partial charge in [0.25, 0.3) is 0 Å². The average molecular weight is 431 g/mol. The van der Waals surface area contributed by atoms with Gasteiger partial charge in [-0.3, -0.25) is 4.79 Å². The molecule has 0 bridgehead atoms. The highest BCUT2D eigenvalue weighted by atomic mass is 32.2. The van der Waals surface area contributed by atoms with Crippen LogP contribution in [0.2, 0.25) is 0 Å². The third-order valence-corrected chi connectivity index (χ3v) is 7.30. The topological polar surface area (TPSA) is 75.7 Å². The first kappa shape index (κ1) is 22.3. The van der Waals surface area contributed by atoms with Gasteiger partial charge >= 0.3 is 0 Å². The van der Waals surface area contributed by atoms with Gasteiger partial charge in [-0.15, -0.1) is 0 Å². The number of aryl methyl sites for hydroxylation is 3. The second-order valence-corrected chi connectivity index (χ2v) is 9.86. The molecule has 1 amide bonds. The van der Waals surface area contributed by atoms with E-state index in [0.717, 1.165) is 22.4 Å². The van der Waals surface area contributed by atoms with Gasteiger partial charge in [0.1, 0.15) is 12.4 Å². The third-order valence-electron chi connectivity index (χ3n) is 5.42. The van der Waals surface area contributed by atoms with Crippen LogP contribution in [-0.4, -0.2) is 44.9 Å². The predicted octanol–water partition coefficient (Wildman–Crippen LogP) is 3.21. The van der Waals surface area contributed by atoms with Crippen LogP contribution in [0.4, 0.5) is 0 Å². The molecule has 2 aromatic carbocycles. The number of nitrogens with zero attached hydrogens (tertiary/aromatic N) is 1. The summed E-state index contributed by atoms with van der Waals surface area (Å²) in [7, 11) is -3.59. The molecule has 0 aromatic heterocycles. The van der Waals surface area contributed by atoms with Crippen molar-refractivity contribution in [3.8, 4) is 5.75 Å². The van der Waals surface area contributed by atoms with E-state index >= 15 is 0 Å². The van der Waals surface area contributed by atoms with Gasteiger partial charge in [0.15, 0.2) is 0 Å². The van der Waals surface area contributed by atoms with Crippen LogP contribution in [0.15, 0.2) is 47.4 Å². The van der Waals surface area contributed by atoms with Gasteiger partial charge in [0, 0.05) is 13.1 Å². The minimum atomic E-state index is -3.59. The lowest BCUT2D eigenvalue weighted by Gasteiger charge is -2.31. The number of sulfonamides is 1. The minimum absolute atomic E-state index is 0.122. The van der Waals surface area contributed by atoms with E-state index in [9.17, 15) is 13.2 Å². The number of ether oxygens (including phenoxy) is 1. The Balaban J connectivity index is 1.52. The summed E-state index contributed by atoms with van der Waals surface area (Å²) in [6, 6.07) is 12.8. The van der Waals surface area contributed by atoms with Crippen molar-refractivity contribution in [2.45, 2.75) is 38.5 Å². The highest BCUT2D eigenvalue weighted by molar-refractivity contribution is 7.89. The average Bonchev–Trinajstić information content (AvgIpc) is 2.74. The summed E-state index contributed by atoms with van der Waals surface area (Å²) in [6.07, 6.45) is 1.35. The standard InChI is InChI=1S/C23H30N2O4S/c1-17-7-10-21(11-8-17)30(27,28)25-13-4-5-20(16-25)23(26)24-12-14-29-22-15-18(2)6-9-19(22)3/h6-11,15,20H,4-5,12-14,16H2,1-3H3,(H,24,26). The molecule has 2 aromatic rings. The second kappa shape index (κ2) is 9.62. The Labute approximate surface area is 179 Å². The normalized spacial score (nSPS) is 17.5. The summed E-state index contributed by atoms with van der Waals surface area (Å²) in [6.45, 7) is 7.31. The van der Waals surface area contributed by atoms with Crippen LogP contribution in [0.5, 0.6) is 5.75 Å². The molecular formula is C23H30N2O4S. The van der Waals surface area contributed by atoms with Gasteiger partial charge in [-0.05, 0) is 62.9 Å². The van der Waals surface area contributed by atoms with Gasteiger partial charge < -0.3 is 10.1 Å². The van der Waals surface area contributed by atoms with E-state index in [1.807, 2.05) is 39.0 Å². The number of hydrogen-bond acceptors (Lipinski definition) is 4. The van der Waals surface area contributed by atoms with E-state index in [1.165, 1.54) is 4.31 Å². The van der Waals surface area contributed by atoms with E-state index in [2.05, 4.69) is 5.32 Å². The number of piperidine rings is 1. The van der Waals surface area contributed by atoms with Crippen molar-refractivity contribution in [2.24, 2.45) is 5.92 Å². The van der Waals surface area contributed by atoms with Crippen LogP contribution in [0, 0.1) is 26.7 Å². The van der Waals surface area contributed by atoms with Crippen molar-refractivity contribution in [3.63, 3.8) is 0 Å². The summed E-state index contributed by atoms with van der Waals surface area (Å²) >= 11 is 0. The van der Waals surface area contributed by atoms with E-state index in [0.29, 0.717) is 32.5 Å². The number of amides is 1. The van der Waals surface area contributed by atoms with Crippen molar-refractivity contribution < 1.29 is 17.9 Å². The molecule has 3 rings (SSSR count). The second-order valence-electron chi connectivity index (χ2n) is 7.92. The molecule has 0 radical (unpaired) electrons. The van der Waals surface area contributed by atoms with Gasteiger partial charge in [-0.2, -0.15) is 4.31 Å². The molecule has 1 unspecified atom stereocenters. The summed E-state index contributed by atoms with van der Waals surface area (Å²) in [5.41, 5.74) is 3.18. The van der Waals surface area contributed by atoms with Gasteiger partial charge in [0.2, 0.25) is 15.9 Å². The maximum Gasteiger partial charge on any atom is 0.243 e. The molecule has 1 fully saturated rings. The minimum Gasteiger partial charge on any atom is -0.491 e. The predicted molar refractivity (Wildman–Crippen MR) is 117 cm³/mol. The third kappa shape index (κ3) is 5.40. The molecule has 0 spiro atoms. The molecular weight excluding hydrogens is 400 g/mol. The number of carbonyl (C=O) groups is 1. The van der Waals surface area contributed by atoms with Crippen molar-refractivity contribution >= 4 is 15.9 Å². The summed E-state index contributed by atoms with van der Waals surface area (Å²) in [4.78, 5) is 12.9. The molecule has 1 saturated heterocycles. The van der Waals surface area contributed by atoms with E-state index < -0.39 is 10.0 Å². The Bertz CT molecular complexity index is 987.